The lowest BCUT2D eigenvalue weighted by atomic mass is 9.98. The maximum absolute atomic E-state index is 11.5. The summed E-state index contributed by atoms with van der Waals surface area (Å²) in [6.45, 7) is 6.53. The maximum Gasteiger partial charge on any atom is 0.211 e. The lowest BCUT2D eigenvalue weighted by Gasteiger charge is -2.30. The first kappa shape index (κ1) is 21.2. The molecule has 1 heterocycles. The Morgan fingerprint density at radius 1 is 1.25 bits per heavy atom. The molecule has 0 aliphatic carbocycles. The van der Waals surface area contributed by atoms with Gasteiger partial charge in [-0.1, -0.05) is 32.6 Å². The lowest BCUT2D eigenvalue weighted by molar-refractivity contribution is 0.274. The second-order valence-corrected chi connectivity index (χ2v) is 8.94. The molecule has 0 aromatic carbocycles. The highest BCUT2D eigenvalue weighted by atomic mass is 32.2. The Morgan fingerprint density at radius 3 is 2.46 bits per heavy atom. The van der Waals surface area contributed by atoms with Gasteiger partial charge >= 0.3 is 0 Å². The van der Waals surface area contributed by atoms with E-state index in [1.807, 2.05) is 0 Å². The SMILES string of the molecule is CCCCCCC(C)NC(=NC)NCC1CCN(S(C)(=O)=O)CC1. The molecule has 142 valence electrons. The van der Waals surface area contributed by atoms with Crippen molar-refractivity contribution in [3.63, 3.8) is 0 Å². The van der Waals surface area contributed by atoms with Crippen molar-refractivity contribution in [1.82, 2.24) is 14.9 Å². The normalized spacial score (nSPS) is 19.2. The topological polar surface area (TPSA) is 73.8 Å². The van der Waals surface area contributed by atoms with Crippen LogP contribution in [-0.4, -0.2) is 57.7 Å². The molecule has 1 aliphatic rings. The molecule has 0 spiro atoms. The van der Waals surface area contributed by atoms with E-state index in [1.165, 1.54) is 31.9 Å². The van der Waals surface area contributed by atoms with Gasteiger partial charge < -0.3 is 10.6 Å². The molecular weight excluding hydrogens is 324 g/mol. The van der Waals surface area contributed by atoms with E-state index in [2.05, 4.69) is 29.5 Å². The fourth-order valence-electron chi connectivity index (χ4n) is 3.06. The first-order valence-corrected chi connectivity index (χ1v) is 11.1. The molecule has 1 atom stereocenters. The highest BCUT2D eigenvalue weighted by Crippen LogP contribution is 2.18. The summed E-state index contributed by atoms with van der Waals surface area (Å²) in [7, 11) is -1.24. The van der Waals surface area contributed by atoms with Crippen molar-refractivity contribution in [3.05, 3.63) is 0 Å². The van der Waals surface area contributed by atoms with E-state index < -0.39 is 10.0 Å². The van der Waals surface area contributed by atoms with Gasteiger partial charge in [0.2, 0.25) is 10.0 Å². The third kappa shape index (κ3) is 8.33. The van der Waals surface area contributed by atoms with Crippen molar-refractivity contribution in [2.45, 2.75) is 64.8 Å². The molecule has 1 saturated heterocycles. The number of rotatable bonds is 9. The van der Waals surface area contributed by atoms with Gasteiger partial charge in [0.15, 0.2) is 5.96 Å². The second-order valence-electron chi connectivity index (χ2n) is 6.95. The standard InChI is InChI=1S/C17H36N4O2S/c1-5-6-7-8-9-15(2)20-17(18-3)19-14-16-10-12-21(13-11-16)24(4,22)23/h15-16H,5-14H2,1-4H3,(H2,18,19,20). The van der Waals surface area contributed by atoms with Crippen molar-refractivity contribution >= 4 is 16.0 Å². The van der Waals surface area contributed by atoms with Gasteiger partial charge in [-0.3, -0.25) is 4.99 Å². The van der Waals surface area contributed by atoms with Crippen LogP contribution in [0, 0.1) is 5.92 Å². The largest absolute Gasteiger partial charge is 0.356 e. The number of hydrogen-bond donors (Lipinski definition) is 2. The molecule has 24 heavy (non-hydrogen) atoms. The smallest absolute Gasteiger partial charge is 0.211 e. The van der Waals surface area contributed by atoms with Gasteiger partial charge in [-0.2, -0.15) is 0 Å². The van der Waals surface area contributed by atoms with Gasteiger partial charge in [-0.15, -0.1) is 0 Å². The van der Waals surface area contributed by atoms with E-state index in [4.69, 9.17) is 0 Å². The quantitative estimate of drug-likeness (QED) is 0.375. The molecule has 7 heteroatoms. The van der Waals surface area contributed by atoms with E-state index in [0.717, 1.165) is 31.8 Å². The minimum absolute atomic E-state index is 0.417. The number of guanidine groups is 1. The Bertz CT molecular complexity index is 471. The number of unbranched alkanes of at least 4 members (excludes halogenated alkanes) is 3. The third-order valence-corrected chi connectivity index (χ3v) is 6.00. The third-order valence-electron chi connectivity index (χ3n) is 4.70. The van der Waals surface area contributed by atoms with Gasteiger partial charge in [0.25, 0.3) is 0 Å². The van der Waals surface area contributed by atoms with Gasteiger partial charge in [-0.25, -0.2) is 12.7 Å². The number of sulfonamides is 1. The summed E-state index contributed by atoms with van der Waals surface area (Å²) in [5, 5.41) is 6.84. The van der Waals surface area contributed by atoms with Crippen LogP contribution in [0.1, 0.15) is 58.8 Å². The number of nitrogens with zero attached hydrogens (tertiary/aromatic N) is 2. The van der Waals surface area contributed by atoms with E-state index in [9.17, 15) is 8.42 Å². The Balaban J connectivity index is 2.25. The molecule has 1 unspecified atom stereocenters. The first-order chi connectivity index (χ1) is 11.4. The predicted molar refractivity (Wildman–Crippen MR) is 102 cm³/mol. The highest BCUT2D eigenvalue weighted by molar-refractivity contribution is 7.88. The number of hydrogen-bond acceptors (Lipinski definition) is 3. The van der Waals surface area contributed by atoms with Crippen LogP contribution in [0.5, 0.6) is 0 Å². The molecule has 2 N–H and O–H groups in total. The molecule has 1 fully saturated rings. The average Bonchev–Trinajstić information content (AvgIpc) is 2.55. The zero-order valence-corrected chi connectivity index (χ0v) is 16.7. The zero-order valence-electron chi connectivity index (χ0n) is 15.8. The number of nitrogens with one attached hydrogen (secondary N) is 2. The van der Waals surface area contributed by atoms with Gasteiger partial charge in [0, 0.05) is 32.7 Å². The van der Waals surface area contributed by atoms with Crippen LogP contribution < -0.4 is 10.6 Å². The Kier molecular flexibility index (Phi) is 9.66. The fourth-order valence-corrected chi connectivity index (χ4v) is 3.94. The summed E-state index contributed by atoms with van der Waals surface area (Å²) in [4.78, 5) is 4.30. The molecule has 0 bridgehead atoms. The lowest BCUT2D eigenvalue weighted by Crippen LogP contribution is -2.46. The second kappa shape index (κ2) is 10.9. The fraction of sp³-hybridized carbons (Fsp3) is 0.941. The van der Waals surface area contributed by atoms with E-state index in [-0.39, 0.29) is 0 Å². The Labute approximate surface area is 148 Å². The predicted octanol–water partition coefficient (Wildman–Crippen LogP) is 2.18. The molecule has 1 rings (SSSR count). The molecule has 6 nitrogen and oxygen atoms in total. The average molecular weight is 361 g/mol. The van der Waals surface area contributed by atoms with Crippen LogP contribution in [0.4, 0.5) is 0 Å². The summed E-state index contributed by atoms with van der Waals surface area (Å²) in [6, 6.07) is 0.417. The van der Waals surface area contributed by atoms with Crippen LogP contribution in [0.15, 0.2) is 4.99 Å². The van der Waals surface area contributed by atoms with E-state index in [1.54, 1.807) is 11.4 Å². The molecular formula is C17H36N4O2S. The van der Waals surface area contributed by atoms with Crippen molar-refractivity contribution in [1.29, 1.82) is 0 Å². The maximum atomic E-state index is 11.5. The number of aliphatic imine (C=N–C) groups is 1. The van der Waals surface area contributed by atoms with Crippen LogP contribution in [0.25, 0.3) is 0 Å². The number of piperidine rings is 1. The molecule has 0 radical (unpaired) electrons. The summed E-state index contributed by atoms with van der Waals surface area (Å²) >= 11 is 0. The van der Waals surface area contributed by atoms with Crippen molar-refractivity contribution in [3.8, 4) is 0 Å². The van der Waals surface area contributed by atoms with Gasteiger partial charge in [-0.05, 0) is 32.1 Å². The monoisotopic (exact) mass is 360 g/mol. The highest BCUT2D eigenvalue weighted by Gasteiger charge is 2.24. The van der Waals surface area contributed by atoms with Crippen LogP contribution in [0.2, 0.25) is 0 Å². The first-order valence-electron chi connectivity index (χ1n) is 9.29. The molecule has 0 amide bonds. The van der Waals surface area contributed by atoms with Crippen LogP contribution in [-0.2, 0) is 10.0 Å². The summed E-state index contributed by atoms with van der Waals surface area (Å²) in [5.74, 6) is 1.35. The summed E-state index contributed by atoms with van der Waals surface area (Å²) < 4.78 is 24.6. The molecule has 0 aromatic rings. The van der Waals surface area contributed by atoms with Crippen molar-refractivity contribution in [2.75, 3.05) is 32.9 Å². The summed E-state index contributed by atoms with van der Waals surface area (Å²) in [6.07, 6.45) is 9.39. The molecule has 0 aromatic heterocycles. The van der Waals surface area contributed by atoms with E-state index in [0.29, 0.717) is 25.0 Å². The van der Waals surface area contributed by atoms with Crippen molar-refractivity contribution < 1.29 is 8.42 Å². The summed E-state index contributed by atoms with van der Waals surface area (Å²) in [5.41, 5.74) is 0. The molecule has 1 aliphatic heterocycles. The Morgan fingerprint density at radius 2 is 1.92 bits per heavy atom. The van der Waals surface area contributed by atoms with E-state index >= 15 is 0 Å². The zero-order chi connectivity index (χ0) is 18.0. The van der Waals surface area contributed by atoms with Crippen molar-refractivity contribution in [2.24, 2.45) is 10.9 Å². The van der Waals surface area contributed by atoms with Crippen LogP contribution in [0.3, 0.4) is 0 Å². The Hall–Kier alpha value is -0.820. The van der Waals surface area contributed by atoms with Gasteiger partial charge in [0.1, 0.15) is 0 Å². The molecule has 0 saturated carbocycles. The van der Waals surface area contributed by atoms with Gasteiger partial charge in [0.05, 0.1) is 6.26 Å². The minimum atomic E-state index is -3.04. The minimum Gasteiger partial charge on any atom is -0.356 e. The van der Waals surface area contributed by atoms with Crippen LogP contribution >= 0.6 is 0 Å².